The average Bonchev–Trinajstić information content (AvgIpc) is 3.68. The number of rotatable bonds is 4. The molecular weight excluding hydrogens is 597 g/mol. The van der Waals surface area contributed by atoms with Crippen molar-refractivity contribution in [2.24, 2.45) is 0 Å². The molecular formula is C47H30S. The molecule has 0 amide bonds. The van der Waals surface area contributed by atoms with Gasteiger partial charge in [0.1, 0.15) is 0 Å². The van der Waals surface area contributed by atoms with Crippen LogP contribution in [0.25, 0.3) is 64.3 Å². The maximum absolute atomic E-state index is 2.52. The summed E-state index contributed by atoms with van der Waals surface area (Å²) in [4.78, 5) is 0. The normalized spacial score (nSPS) is 13.2. The predicted octanol–water partition coefficient (Wildman–Crippen LogP) is 12.9. The van der Waals surface area contributed by atoms with Crippen molar-refractivity contribution in [2.45, 2.75) is 5.41 Å². The highest BCUT2D eigenvalue weighted by molar-refractivity contribution is 7.25. The Morgan fingerprint density at radius 1 is 0.333 bits per heavy atom. The predicted molar refractivity (Wildman–Crippen MR) is 205 cm³/mol. The van der Waals surface area contributed by atoms with E-state index in [0.717, 1.165) is 0 Å². The molecule has 48 heavy (non-hydrogen) atoms. The topological polar surface area (TPSA) is 0 Å². The van der Waals surface area contributed by atoms with Gasteiger partial charge in [0, 0.05) is 20.2 Å². The zero-order chi connectivity index (χ0) is 31.7. The lowest BCUT2D eigenvalue weighted by atomic mass is 9.67. The van der Waals surface area contributed by atoms with Crippen molar-refractivity contribution in [3.05, 3.63) is 204 Å². The minimum Gasteiger partial charge on any atom is -0.135 e. The molecule has 1 heteroatoms. The van der Waals surface area contributed by atoms with Crippen LogP contribution in [0.2, 0.25) is 0 Å². The van der Waals surface area contributed by atoms with Gasteiger partial charge in [-0.2, -0.15) is 0 Å². The summed E-state index contributed by atoms with van der Waals surface area (Å²) in [5.74, 6) is 0. The van der Waals surface area contributed by atoms with E-state index in [1.165, 1.54) is 86.6 Å². The number of hydrogen-bond acceptors (Lipinski definition) is 1. The lowest BCUT2D eigenvalue weighted by Gasteiger charge is -2.34. The molecule has 10 rings (SSSR count). The number of thiophene rings is 1. The molecule has 8 aromatic carbocycles. The van der Waals surface area contributed by atoms with E-state index in [1.54, 1.807) is 0 Å². The van der Waals surface area contributed by atoms with Crippen LogP contribution in [-0.2, 0) is 5.41 Å². The van der Waals surface area contributed by atoms with Crippen LogP contribution in [0.5, 0.6) is 0 Å². The first-order valence-corrected chi connectivity index (χ1v) is 17.4. The molecule has 0 nitrogen and oxygen atoms in total. The third kappa shape index (κ3) is 3.89. The minimum absolute atomic E-state index is 0.504. The second kappa shape index (κ2) is 10.6. The highest BCUT2D eigenvalue weighted by atomic mass is 32.1. The molecule has 0 aliphatic heterocycles. The second-order valence-corrected chi connectivity index (χ2v) is 13.9. The summed E-state index contributed by atoms with van der Waals surface area (Å²) in [6, 6.07) is 67.6. The summed E-state index contributed by atoms with van der Waals surface area (Å²) in [6.45, 7) is 0. The van der Waals surface area contributed by atoms with Gasteiger partial charge in [0.15, 0.2) is 0 Å². The standard InChI is InChI=1S/C47H30S/c1-4-14-31(15-5-1)32-24-26-39-42(29-32)47(34-16-6-2-7-17-34,35-18-8-3-9-19-35)43-30-40(36-20-10-11-22-38(36)46(39)43)33-25-27-45-41(28-33)37-21-12-13-23-44(37)48-45/h1-30H. The van der Waals surface area contributed by atoms with Gasteiger partial charge in [-0.1, -0.05) is 152 Å². The van der Waals surface area contributed by atoms with Gasteiger partial charge in [-0.3, -0.25) is 0 Å². The third-order valence-corrected chi connectivity index (χ3v) is 11.5. The molecule has 0 bridgehead atoms. The Morgan fingerprint density at radius 3 is 1.65 bits per heavy atom. The Labute approximate surface area is 284 Å². The van der Waals surface area contributed by atoms with Crippen LogP contribution < -0.4 is 0 Å². The van der Waals surface area contributed by atoms with Crippen LogP contribution >= 0.6 is 11.3 Å². The minimum atomic E-state index is -0.504. The lowest BCUT2D eigenvalue weighted by Crippen LogP contribution is -2.28. The molecule has 0 atom stereocenters. The molecule has 0 fully saturated rings. The van der Waals surface area contributed by atoms with E-state index in [9.17, 15) is 0 Å². The quantitative estimate of drug-likeness (QED) is 0.182. The second-order valence-electron chi connectivity index (χ2n) is 12.8. The maximum Gasteiger partial charge on any atom is 0.0714 e. The van der Waals surface area contributed by atoms with Crippen molar-refractivity contribution in [3.63, 3.8) is 0 Å². The van der Waals surface area contributed by atoms with Crippen LogP contribution in [0.15, 0.2) is 182 Å². The Hall–Kier alpha value is -5.76. The molecule has 0 spiro atoms. The van der Waals surface area contributed by atoms with Crippen molar-refractivity contribution in [1.29, 1.82) is 0 Å². The van der Waals surface area contributed by atoms with Gasteiger partial charge in [-0.05, 0) is 96.7 Å². The Kier molecular flexibility index (Phi) is 6.06. The largest absolute Gasteiger partial charge is 0.135 e. The van der Waals surface area contributed by atoms with E-state index < -0.39 is 5.41 Å². The fourth-order valence-corrected chi connectivity index (χ4v) is 9.37. The van der Waals surface area contributed by atoms with E-state index in [1.807, 2.05) is 11.3 Å². The zero-order valence-corrected chi connectivity index (χ0v) is 27.0. The van der Waals surface area contributed by atoms with E-state index in [-0.39, 0.29) is 0 Å². The van der Waals surface area contributed by atoms with E-state index in [4.69, 9.17) is 0 Å². The number of fused-ring (bicyclic) bond motifs is 8. The summed E-state index contributed by atoms with van der Waals surface area (Å²) < 4.78 is 2.66. The molecule has 0 unspecified atom stereocenters. The van der Waals surface area contributed by atoms with Crippen molar-refractivity contribution < 1.29 is 0 Å². The van der Waals surface area contributed by atoms with Gasteiger partial charge in [-0.15, -0.1) is 11.3 Å². The van der Waals surface area contributed by atoms with E-state index >= 15 is 0 Å². The molecule has 1 aromatic heterocycles. The average molecular weight is 627 g/mol. The number of benzene rings is 8. The van der Waals surface area contributed by atoms with Gasteiger partial charge in [0.2, 0.25) is 0 Å². The smallest absolute Gasteiger partial charge is 0.0714 e. The van der Waals surface area contributed by atoms with Gasteiger partial charge >= 0.3 is 0 Å². The summed E-state index contributed by atoms with van der Waals surface area (Å²) in [6.07, 6.45) is 0. The molecule has 0 saturated carbocycles. The SMILES string of the molecule is c1ccc(-c2ccc3c(c2)C(c2ccccc2)(c2ccccc2)c2cc(-c4ccc5sc6ccccc6c5c4)c4ccccc4c2-3)cc1. The fraction of sp³-hybridized carbons (Fsp3) is 0.0213. The summed E-state index contributed by atoms with van der Waals surface area (Å²) >= 11 is 1.87. The molecule has 224 valence electrons. The summed E-state index contributed by atoms with van der Waals surface area (Å²) in [5.41, 5.74) is 12.3. The zero-order valence-electron chi connectivity index (χ0n) is 26.2. The van der Waals surface area contributed by atoms with Crippen LogP contribution in [0.1, 0.15) is 22.3 Å². The van der Waals surface area contributed by atoms with E-state index in [2.05, 4.69) is 182 Å². The highest BCUT2D eigenvalue weighted by Gasteiger charge is 2.47. The Balaban J connectivity index is 1.35. The van der Waals surface area contributed by atoms with Crippen molar-refractivity contribution in [3.8, 4) is 33.4 Å². The molecule has 1 aliphatic rings. The molecule has 1 aliphatic carbocycles. The van der Waals surface area contributed by atoms with Gasteiger partial charge in [0.25, 0.3) is 0 Å². The Bertz CT molecular complexity index is 2610. The lowest BCUT2D eigenvalue weighted by molar-refractivity contribution is 0.769. The Morgan fingerprint density at radius 2 is 0.917 bits per heavy atom. The molecule has 9 aromatic rings. The van der Waals surface area contributed by atoms with Crippen molar-refractivity contribution in [2.75, 3.05) is 0 Å². The van der Waals surface area contributed by atoms with E-state index in [0.29, 0.717) is 0 Å². The molecule has 0 radical (unpaired) electrons. The van der Waals surface area contributed by atoms with Gasteiger partial charge < -0.3 is 0 Å². The summed E-state index contributed by atoms with van der Waals surface area (Å²) in [5, 5.41) is 5.23. The van der Waals surface area contributed by atoms with Crippen LogP contribution in [0.4, 0.5) is 0 Å². The highest BCUT2D eigenvalue weighted by Crippen LogP contribution is 2.59. The van der Waals surface area contributed by atoms with Gasteiger partial charge in [-0.25, -0.2) is 0 Å². The van der Waals surface area contributed by atoms with Crippen LogP contribution in [0.3, 0.4) is 0 Å². The van der Waals surface area contributed by atoms with Crippen LogP contribution in [-0.4, -0.2) is 0 Å². The molecule has 0 N–H and O–H groups in total. The molecule has 1 heterocycles. The monoisotopic (exact) mass is 626 g/mol. The molecule has 0 saturated heterocycles. The van der Waals surface area contributed by atoms with Gasteiger partial charge in [0.05, 0.1) is 5.41 Å². The van der Waals surface area contributed by atoms with Crippen LogP contribution in [0, 0.1) is 0 Å². The summed E-state index contributed by atoms with van der Waals surface area (Å²) in [7, 11) is 0. The first-order valence-electron chi connectivity index (χ1n) is 16.6. The first-order chi connectivity index (χ1) is 23.8. The fourth-order valence-electron chi connectivity index (χ4n) is 8.29. The maximum atomic E-state index is 2.52. The number of hydrogen-bond donors (Lipinski definition) is 0. The third-order valence-electron chi connectivity index (χ3n) is 10.3. The first kappa shape index (κ1) is 27.4. The van der Waals surface area contributed by atoms with Crippen molar-refractivity contribution >= 4 is 42.3 Å². The van der Waals surface area contributed by atoms with Crippen molar-refractivity contribution in [1.82, 2.24) is 0 Å².